The molecule has 1 aliphatic rings. The number of hydrogen-bond donors (Lipinski definition) is 0. The molecule has 96 valence electrons. The van der Waals surface area contributed by atoms with E-state index in [-0.39, 0.29) is 11.7 Å². The topological polar surface area (TPSA) is 37.4 Å². The van der Waals surface area contributed by atoms with Crippen molar-refractivity contribution in [2.75, 3.05) is 16.8 Å². The van der Waals surface area contributed by atoms with Crippen molar-refractivity contribution in [3.63, 3.8) is 0 Å². The van der Waals surface area contributed by atoms with Crippen molar-refractivity contribution in [3.05, 3.63) is 29.3 Å². The van der Waals surface area contributed by atoms with E-state index in [2.05, 4.69) is 15.9 Å². The summed E-state index contributed by atoms with van der Waals surface area (Å²) in [6, 6.07) is 5.61. The van der Waals surface area contributed by atoms with Crippen LogP contribution in [0.25, 0.3) is 0 Å². The molecule has 1 heterocycles. The average Bonchev–Trinajstić information content (AvgIpc) is 2.59. The summed E-state index contributed by atoms with van der Waals surface area (Å²) in [5, 5.41) is 0.982. The van der Waals surface area contributed by atoms with Gasteiger partial charge in [0.15, 0.2) is 0 Å². The number of unbranched alkanes of at least 4 members (excludes halogenated alkanes) is 2. The molecule has 4 heteroatoms. The zero-order chi connectivity index (χ0) is 13.1. The lowest BCUT2D eigenvalue weighted by molar-refractivity contribution is -0.114. The number of amides is 1. The summed E-state index contributed by atoms with van der Waals surface area (Å²) in [6.45, 7) is 2.56. The molecular formula is C14H16BrNO2. The number of carbonyl (C=O) groups excluding carboxylic acids is 2. The zero-order valence-corrected chi connectivity index (χ0v) is 12.0. The van der Waals surface area contributed by atoms with E-state index in [1.807, 2.05) is 19.1 Å². The van der Waals surface area contributed by atoms with Gasteiger partial charge in [0.25, 0.3) is 11.7 Å². The Labute approximate surface area is 115 Å². The Balaban J connectivity index is 2.13. The fraction of sp³-hybridized carbons (Fsp3) is 0.429. The Kier molecular flexibility index (Phi) is 4.17. The molecule has 0 unspecified atom stereocenters. The molecular weight excluding hydrogens is 294 g/mol. The molecule has 0 aliphatic carbocycles. The second-order valence-electron chi connectivity index (χ2n) is 4.56. The van der Waals surface area contributed by atoms with Crippen molar-refractivity contribution in [1.82, 2.24) is 0 Å². The van der Waals surface area contributed by atoms with Gasteiger partial charge in [0.05, 0.1) is 11.3 Å². The van der Waals surface area contributed by atoms with Crippen LogP contribution in [-0.2, 0) is 4.79 Å². The van der Waals surface area contributed by atoms with Crippen molar-refractivity contribution >= 4 is 33.3 Å². The second kappa shape index (κ2) is 5.65. The summed E-state index contributed by atoms with van der Waals surface area (Å²) in [4.78, 5) is 25.4. The molecule has 0 bridgehead atoms. The SMILES string of the molecule is Cc1ccc2c(c1)C(=O)C(=O)N2CCCCCBr. The number of benzene rings is 1. The number of nitrogens with zero attached hydrogens (tertiary/aromatic N) is 1. The normalized spacial score (nSPS) is 14.2. The van der Waals surface area contributed by atoms with Crippen molar-refractivity contribution in [2.45, 2.75) is 26.2 Å². The number of hydrogen-bond acceptors (Lipinski definition) is 2. The molecule has 1 amide bonds. The van der Waals surface area contributed by atoms with Gasteiger partial charge in [-0.15, -0.1) is 0 Å². The summed E-state index contributed by atoms with van der Waals surface area (Å²) in [5.74, 6) is -0.747. The smallest absolute Gasteiger partial charge is 0.299 e. The largest absolute Gasteiger partial charge is 0.305 e. The number of fused-ring (bicyclic) bond motifs is 1. The van der Waals surface area contributed by atoms with E-state index in [0.29, 0.717) is 12.1 Å². The Morgan fingerprint density at radius 3 is 2.67 bits per heavy atom. The minimum Gasteiger partial charge on any atom is -0.305 e. The number of carbonyl (C=O) groups is 2. The minimum absolute atomic E-state index is 0.366. The van der Waals surface area contributed by atoms with Crippen molar-refractivity contribution in [3.8, 4) is 0 Å². The predicted molar refractivity (Wildman–Crippen MR) is 75.5 cm³/mol. The fourth-order valence-electron chi connectivity index (χ4n) is 2.18. The van der Waals surface area contributed by atoms with Gasteiger partial charge in [-0.05, 0) is 31.9 Å². The van der Waals surface area contributed by atoms with Gasteiger partial charge in [0.2, 0.25) is 0 Å². The molecule has 1 aromatic rings. The van der Waals surface area contributed by atoms with Crippen LogP contribution >= 0.6 is 15.9 Å². The highest BCUT2D eigenvalue weighted by Gasteiger charge is 2.35. The lowest BCUT2D eigenvalue weighted by Crippen LogP contribution is -2.30. The summed E-state index contributed by atoms with van der Waals surface area (Å²) in [6.07, 6.45) is 3.08. The zero-order valence-electron chi connectivity index (χ0n) is 10.4. The molecule has 1 aromatic carbocycles. The molecule has 0 saturated heterocycles. The average molecular weight is 310 g/mol. The minimum atomic E-state index is -0.380. The van der Waals surface area contributed by atoms with E-state index in [0.717, 1.165) is 35.8 Å². The first kappa shape index (κ1) is 13.3. The van der Waals surface area contributed by atoms with Crippen LogP contribution in [0.2, 0.25) is 0 Å². The Morgan fingerprint density at radius 2 is 1.94 bits per heavy atom. The molecule has 0 aromatic heterocycles. The standard InChI is InChI=1S/C14H16BrNO2/c1-10-5-6-12-11(9-10)13(17)14(18)16(12)8-4-2-3-7-15/h5-6,9H,2-4,7-8H2,1H3. The van der Waals surface area contributed by atoms with Crippen LogP contribution in [0.1, 0.15) is 35.2 Å². The molecule has 1 aliphatic heterocycles. The van der Waals surface area contributed by atoms with E-state index in [1.165, 1.54) is 0 Å². The van der Waals surface area contributed by atoms with Gasteiger partial charge in [-0.1, -0.05) is 34.0 Å². The van der Waals surface area contributed by atoms with Crippen molar-refractivity contribution in [1.29, 1.82) is 0 Å². The number of ketones is 1. The van der Waals surface area contributed by atoms with Gasteiger partial charge < -0.3 is 4.90 Å². The quantitative estimate of drug-likeness (QED) is 0.476. The predicted octanol–water partition coefficient (Wildman–Crippen LogP) is 3.09. The summed E-state index contributed by atoms with van der Waals surface area (Å²) in [5.41, 5.74) is 2.34. The Morgan fingerprint density at radius 1 is 1.17 bits per heavy atom. The Hall–Kier alpha value is -1.16. The van der Waals surface area contributed by atoms with Crippen LogP contribution in [0.3, 0.4) is 0 Å². The molecule has 0 atom stereocenters. The molecule has 3 nitrogen and oxygen atoms in total. The number of halogens is 1. The van der Waals surface area contributed by atoms with Crippen molar-refractivity contribution in [2.24, 2.45) is 0 Å². The molecule has 0 N–H and O–H groups in total. The highest BCUT2D eigenvalue weighted by Crippen LogP contribution is 2.29. The number of rotatable bonds is 5. The lowest BCUT2D eigenvalue weighted by Gasteiger charge is -2.16. The molecule has 0 fully saturated rings. The molecule has 0 saturated carbocycles. The maximum Gasteiger partial charge on any atom is 0.299 e. The van der Waals surface area contributed by atoms with Gasteiger partial charge >= 0.3 is 0 Å². The second-order valence-corrected chi connectivity index (χ2v) is 5.35. The highest BCUT2D eigenvalue weighted by molar-refractivity contribution is 9.09. The maximum atomic E-state index is 11.9. The third-order valence-corrected chi connectivity index (χ3v) is 3.70. The third kappa shape index (κ3) is 2.48. The Bertz CT molecular complexity index is 485. The van der Waals surface area contributed by atoms with Crippen LogP contribution in [0.15, 0.2) is 18.2 Å². The van der Waals surface area contributed by atoms with E-state index >= 15 is 0 Å². The first-order valence-electron chi connectivity index (χ1n) is 6.18. The monoisotopic (exact) mass is 309 g/mol. The van der Waals surface area contributed by atoms with Crippen LogP contribution in [-0.4, -0.2) is 23.6 Å². The summed E-state index contributed by atoms with van der Waals surface area (Å²) < 4.78 is 0. The van der Waals surface area contributed by atoms with Gasteiger partial charge in [-0.3, -0.25) is 9.59 Å². The number of anilines is 1. The van der Waals surface area contributed by atoms with E-state index in [1.54, 1.807) is 11.0 Å². The first-order valence-corrected chi connectivity index (χ1v) is 7.30. The molecule has 18 heavy (non-hydrogen) atoms. The van der Waals surface area contributed by atoms with E-state index in [9.17, 15) is 9.59 Å². The summed E-state index contributed by atoms with van der Waals surface area (Å²) in [7, 11) is 0. The van der Waals surface area contributed by atoms with Gasteiger partial charge in [0, 0.05) is 11.9 Å². The highest BCUT2D eigenvalue weighted by atomic mass is 79.9. The molecule has 2 rings (SSSR count). The lowest BCUT2D eigenvalue weighted by atomic mass is 10.1. The van der Waals surface area contributed by atoms with E-state index in [4.69, 9.17) is 0 Å². The number of Topliss-reactive ketones (excluding diaryl/α,β-unsaturated/α-hetero) is 1. The molecule has 0 radical (unpaired) electrons. The van der Waals surface area contributed by atoms with Gasteiger partial charge in [0.1, 0.15) is 0 Å². The van der Waals surface area contributed by atoms with Crippen molar-refractivity contribution < 1.29 is 9.59 Å². The molecule has 0 spiro atoms. The number of aryl methyl sites for hydroxylation is 1. The van der Waals surface area contributed by atoms with Crippen LogP contribution in [0.4, 0.5) is 5.69 Å². The maximum absolute atomic E-state index is 11.9. The van der Waals surface area contributed by atoms with E-state index < -0.39 is 0 Å². The van der Waals surface area contributed by atoms with Crippen LogP contribution in [0, 0.1) is 6.92 Å². The van der Waals surface area contributed by atoms with Crippen LogP contribution < -0.4 is 4.90 Å². The van der Waals surface area contributed by atoms with Gasteiger partial charge in [-0.25, -0.2) is 0 Å². The fourth-order valence-corrected chi connectivity index (χ4v) is 2.57. The van der Waals surface area contributed by atoms with Gasteiger partial charge in [-0.2, -0.15) is 0 Å². The van der Waals surface area contributed by atoms with Crippen LogP contribution in [0.5, 0.6) is 0 Å². The third-order valence-electron chi connectivity index (χ3n) is 3.14. The summed E-state index contributed by atoms with van der Waals surface area (Å²) >= 11 is 3.38. The first-order chi connectivity index (χ1) is 8.65. The number of alkyl halides is 1.